The molecule has 0 aliphatic carbocycles. The number of benzene rings is 1. The minimum atomic E-state index is 0. The van der Waals surface area contributed by atoms with Crippen LogP contribution in [0.1, 0.15) is 19.4 Å². The second-order valence-corrected chi connectivity index (χ2v) is 4.37. The van der Waals surface area contributed by atoms with Crippen LogP contribution in [0.5, 0.6) is 5.75 Å². The van der Waals surface area contributed by atoms with E-state index in [1.165, 1.54) is 0 Å². The van der Waals surface area contributed by atoms with Gasteiger partial charge in [0.05, 0.1) is 11.0 Å². The lowest BCUT2D eigenvalue weighted by atomic mass is 10.2. The molecule has 0 fully saturated rings. The molecular formula is C12H19BrIN3O. The number of aliphatic imine (C=N–C) groups is 1. The fourth-order valence-corrected chi connectivity index (χ4v) is 1.75. The van der Waals surface area contributed by atoms with E-state index in [1.807, 2.05) is 26.0 Å². The van der Waals surface area contributed by atoms with Crippen LogP contribution in [0.25, 0.3) is 0 Å². The molecule has 4 nitrogen and oxygen atoms in total. The molecule has 0 bridgehead atoms. The highest BCUT2D eigenvalue weighted by molar-refractivity contribution is 14.0. The first-order chi connectivity index (χ1) is 8.17. The third-order valence-corrected chi connectivity index (χ3v) is 2.76. The monoisotopic (exact) mass is 427 g/mol. The van der Waals surface area contributed by atoms with Crippen LogP contribution in [0, 0.1) is 0 Å². The van der Waals surface area contributed by atoms with E-state index in [0.29, 0.717) is 11.0 Å². The van der Waals surface area contributed by atoms with Crippen molar-refractivity contribution in [2.45, 2.75) is 20.4 Å². The summed E-state index contributed by atoms with van der Waals surface area (Å²) in [5.41, 5.74) is 1.04. The first-order valence-corrected chi connectivity index (χ1v) is 6.46. The van der Waals surface area contributed by atoms with Gasteiger partial charge in [-0.1, -0.05) is 6.07 Å². The summed E-state index contributed by atoms with van der Waals surface area (Å²) in [7, 11) is 0. The molecule has 3 N–H and O–H groups in total. The van der Waals surface area contributed by atoms with E-state index < -0.39 is 0 Å². The molecule has 0 saturated heterocycles. The Labute approximate surface area is 133 Å². The summed E-state index contributed by atoms with van der Waals surface area (Å²) in [4.78, 5) is 4.44. The van der Waals surface area contributed by atoms with Crippen LogP contribution >= 0.6 is 39.9 Å². The van der Waals surface area contributed by atoms with Gasteiger partial charge in [-0.2, -0.15) is 0 Å². The first-order valence-electron chi connectivity index (χ1n) is 5.67. The van der Waals surface area contributed by atoms with Crippen molar-refractivity contribution in [1.29, 1.82) is 0 Å². The number of nitrogens with one attached hydrogen (secondary N) is 2. The van der Waals surface area contributed by atoms with E-state index in [2.05, 4.69) is 31.6 Å². The standard InChI is InChI=1S/C12H18BrN3O.HI/c1-3-14-12(15-4-2)16-8-9-5-6-11(17)10(13)7-9;/h5-7,17H,3-4,8H2,1-2H3,(H2,14,15,16);1H. The van der Waals surface area contributed by atoms with Gasteiger partial charge in [-0.15, -0.1) is 24.0 Å². The molecule has 0 unspecified atom stereocenters. The van der Waals surface area contributed by atoms with Crippen molar-refractivity contribution in [3.05, 3.63) is 28.2 Å². The molecule has 1 aromatic rings. The molecule has 6 heteroatoms. The zero-order valence-electron chi connectivity index (χ0n) is 10.5. The first kappa shape index (κ1) is 17.5. The summed E-state index contributed by atoms with van der Waals surface area (Å²) >= 11 is 3.28. The van der Waals surface area contributed by atoms with Gasteiger partial charge >= 0.3 is 0 Å². The number of aromatic hydroxyl groups is 1. The Morgan fingerprint density at radius 3 is 2.39 bits per heavy atom. The molecule has 0 aromatic heterocycles. The van der Waals surface area contributed by atoms with E-state index in [-0.39, 0.29) is 29.7 Å². The predicted molar refractivity (Wildman–Crippen MR) is 89.7 cm³/mol. The van der Waals surface area contributed by atoms with Gasteiger partial charge in [0.15, 0.2) is 5.96 Å². The number of phenols is 1. The molecule has 18 heavy (non-hydrogen) atoms. The van der Waals surface area contributed by atoms with Crippen LogP contribution in [-0.4, -0.2) is 24.2 Å². The molecule has 0 aliphatic heterocycles. The molecular weight excluding hydrogens is 409 g/mol. The second kappa shape index (κ2) is 9.43. The molecule has 0 spiro atoms. The Morgan fingerprint density at radius 1 is 1.28 bits per heavy atom. The predicted octanol–water partition coefficient (Wildman–Crippen LogP) is 2.85. The summed E-state index contributed by atoms with van der Waals surface area (Å²) in [6.07, 6.45) is 0. The third kappa shape index (κ3) is 5.90. The number of phenolic OH excluding ortho intramolecular Hbond substituents is 1. The van der Waals surface area contributed by atoms with E-state index in [1.54, 1.807) is 6.07 Å². The summed E-state index contributed by atoms with van der Waals surface area (Å²) in [5.74, 6) is 1.05. The van der Waals surface area contributed by atoms with Crippen molar-refractivity contribution in [2.24, 2.45) is 4.99 Å². The van der Waals surface area contributed by atoms with E-state index in [4.69, 9.17) is 0 Å². The smallest absolute Gasteiger partial charge is 0.191 e. The molecule has 1 rings (SSSR count). The quantitative estimate of drug-likeness (QED) is 0.393. The lowest BCUT2D eigenvalue weighted by Gasteiger charge is -2.09. The molecule has 102 valence electrons. The average Bonchev–Trinajstić information content (AvgIpc) is 2.31. The van der Waals surface area contributed by atoms with Crippen LogP contribution in [0.4, 0.5) is 0 Å². The van der Waals surface area contributed by atoms with E-state index in [0.717, 1.165) is 24.6 Å². The molecule has 1 aromatic carbocycles. The lowest BCUT2D eigenvalue weighted by molar-refractivity contribution is 0.471. The molecule has 0 heterocycles. The Morgan fingerprint density at radius 2 is 1.89 bits per heavy atom. The van der Waals surface area contributed by atoms with Crippen molar-refractivity contribution in [3.8, 4) is 5.75 Å². The second-order valence-electron chi connectivity index (χ2n) is 3.51. The van der Waals surface area contributed by atoms with Gasteiger partial charge in [0.25, 0.3) is 0 Å². The van der Waals surface area contributed by atoms with Crippen LogP contribution in [-0.2, 0) is 6.54 Å². The highest BCUT2D eigenvalue weighted by atomic mass is 127. The van der Waals surface area contributed by atoms with Crippen LogP contribution < -0.4 is 10.6 Å². The topological polar surface area (TPSA) is 56.7 Å². The fourth-order valence-electron chi connectivity index (χ4n) is 1.33. The van der Waals surface area contributed by atoms with Crippen molar-refractivity contribution in [1.82, 2.24) is 10.6 Å². The highest BCUT2D eigenvalue weighted by Crippen LogP contribution is 2.24. The maximum Gasteiger partial charge on any atom is 0.191 e. The van der Waals surface area contributed by atoms with Crippen molar-refractivity contribution in [3.63, 3.8) is 0 Å². The van der Waals surface area contributed by atoms with Crippen LogP contribution in [0.2, 0.25) is 0 Å². The number of guanidine groups is 1. The number of hydrogen-bond donors (Lipinski definition) is 3. The van der Waals surface area contributed by atoms with Gasteiger partial charge in [-0.3, -0.25) is 0 Å². The Hall–Kier alpha value is -0.500. The summed E-state index contributed by atoms with van der Waals surface area (Å²) in [5, 5.41) is 15.7. The van der Waals surface area contributed by atoms with Gasteiger partial charge in [-0.25, -0.2) is 4.99 Å². The highest BCUT2D eigenvalue weighted by Gasteiger charge is 2.00. The van der Waals surface area contributed by atoms with E-state index in [9.17, 15) is 5.11 Å². The molecule has 0 amide bonds. The number of nitrogens with zero attached hydrogens (tertiary/aromatic N) is 1. The maximum absolute atomic E-state index is 9.38. The number of hydrogen-bond acceptors (Lipinski definition) is 2. The van der Waals surface area contributed by atoms with Gasteiger partial charge in [-0.05, 0) is 47.5 Å². The Balaban J connectivity index is 0.00000289. The molecule has 0 radical (unpaired) electrons. The third-order valence-electron chi connectivity index (χ3n) is 2.12. The van der Waals surface area contributed by atoms with Gasteiger partial charge < -0.3 is 15.7 Å². The van der Waals surface area contributed by atoms with Crippen molar-refractivity contribution >= 4 is 45.9 Å². The van der Waals surface area contributed by atoms with Crippen molar-refractivity contribution in [2.75, 3.05) is 13.1 Å². The Kier molecular flexibility index (Phi) is 9.17. The van der Waals surface area contributed by atoms with Crippen LogP contribution in [0.15, 0.2) is 27.7 Å². The summed E-state index contributed by atoms with van der Waals surface area (Å²) in [6.45, 7) is 6.32. The van der Waals surface area contributed by atoms with E-state index >= 15 is 0 Å². The zero-order valence-corrected chi connectivity index (χ0v) is 14.5. The number of rotatable bonds is 4. The minimum Gasteiger partial charge on any atom is -0.507 e. The lowest BCUT2D eigenvalue weighted by Crippen LogP contribution is -2.36. The van der Waals surface area contributed by atoms with Crippen molar-refractivity contribution < 1.29 is 5.11 Å². The average molecular weight is 428 g/mol. The molecule has 0 atom stereocenters. The summed E-state index contributed by atoms with van der Waals surface area (Å²) < 4.78 is 0.693. The SMILES string of the molecule is CCNC(=NCc1ccc(O)c(Br)c1)NCC.I. The van der Waals surface area contributed by atoms with Gasteiger partial charge in [0.2, 0.25) is 0 Å². The fraction of sp³-hybridized carbons (Fsp3) is 0.417. The molecule has 0 aliphatic rings. The van der Waals surface area contributed by atoms with Gasteiger partial charge in [0.1, 0.15) is 5.75 Å². The number of halogens is 2. The van der Waals surface area contributed by atoms with Crippen LogP contribution in [0.3, 0.4) is 0 Å². The Bertz CT molecular complexity index is 391. The summed E-state index contributed by atoms with van der Waals surface area (Å²) in [6, 6.07) is 5.39. The van der Waals surface area contributed by atoms with Gasteiger partial charge in [0, 0.05) is 13.1 Å². The molecule has 0 saturated carbocycles. The minimum absolute atomic E-state index is 0. The zero-order chi connectivity index (χ0) is 12.7. The normalized spacial score (nSPS) is 9.28. The largest absolute Gasteiger partial charge is 0.507 e. The maximum atomic E-state index is 9.38.